The van der Waals surface area contributed by atoms with Crippen molar-refractivity contribution in [2.75, 3.05) is 67.1 Å². The average Bonchev–Trinajstić information content (AvgIpc) is 4.15. The van der Waals surface area contributed by atoms with Crippen LogP contribution in [0.3, 0.4) is 0 Å². The molecule has 0 spiro atoms. The first-order valence-electron chi connectivity index (χ1n) is 25.1. The van der Waals surface area contributed by atoms with E-state index in [1.807, 2.05) is 32.9 Å². The lowest BCUT2D eigenvalue weighted by Crippen LogP contribution is -2.64. The molecular formula is C52H69N13O7. The summed E-state index contributed by atoms with van der Waals surface area (Å²) in [6.07, 6.45) is 7.78. The SMILES string of the molecule is CCn1c(-c2cccnc2[C@H](C)OC)c2c3cc(ccc31)C1=CCCN(C1)C[C@H](NC(=O)[C@H](C(C)C)N(C)C(=O)N1CCC(N(C)C(=O)n3cnc(C#N)n3)C1)C(=O)N1CCC[C@H](N1)C(=O)OCC(C)(C)C2. The molecule has 0 aliphatic carbocycles. The molecule has 7 heterocycles. The van der Waals surface area contributed by atoms with E-state index in [4.69, 9.17) is 19.7 Å². The van der Waals surface area contributed by atoms with Crippen LogP contribution in [0.4, 0.5) is 9.59 Å². The molecule has 6 atom stereocenters. The zero-order valence-electron chi connectivity index (χ0n) is 43.1. The Hall–Kier alpha value is -6.69. The van der Waals surface area contributed by atoms with Crippen LogP contribution in [0.2, 0.25) is 0 Å². The molecule has 2 saturated heterocycles. The van der Waals surface area contributed by atoms with Crippen LogP contribution in [0.1, 0.15) is 96.0 Å². The summed E-state index contributed by atoms with van der Waals surface area (Å²) in [4.78, 5) is 86.3. The van der Waals surface area contributed by atoms with E-state index in [9.17, 15) is 24.0 Å². The maximum absolute atomic E-state index is 14.8. The van der Waals surface area contributed by atoms with Crippen molar-refractivity contribution >= 4 is 46.3 Å². The lowest BCUT2D eigenvalue weighted by molar-refractivity contribution is -0.155. The number of ether oxygens (including phenoxy) is 2. The van der Waals surface area contributed by atoms with Gasteiger partial charge in [0.25, 0.3) is 11.7 Å². The van der Waals surface area contributed by atoms with Crippen LogP contribution in [0.5, 0.6) is 0 Å². The third-order valence-electron chi connectivity index (χ3n) is 14.7. The molecule has 4 aliphatic heterocycles. The number of benzene rings is 1. The van der Waals surface area contributed by atoms with E-state index in [2.05, 4.69) is 81.4 Å². The first kappa shape index (κ1) is 51.7. The number of cyclic esters (lactones) is 1. The quantitative estimate of drug-likeness (QED) is 0.215. The number of esters is 1. The smallest absolute Gasteiger partial charge is 0.346 e. The highest BCUT2D eigenvalue weighted by Crippen LogP contribution is 2.42. The van der Waals surface area contributed by atoms with Gasteiger partial charge in [0.1, 0.15) is 30.5 Å². The topological polar surface area (TPSA) is 216 Å². The number of rotatable bonds is 9. The number of aryl methyl sites for hydroxylation is 1. The predicted octanol–water partition coefficient (Wildman–Crippen LogP) is 4.84. The van der Waals surface area contributed by atoms with Gasteiger partial charge in [-0.15, -0.1) is 5.10 Å². The molecule has 8 rings (SSSR count). The minimum Gasteiger partial charge on any atom is -0.464 e. The van der Waals surface area contributed by atoms with Crippen molar-refractivity contribution in [3.8, 4) is 17.3 Å². The van der Waals surface area contributed by atoms with E-state index >= 15 is 0 Å². The lowest BCUT2D eigenvalue weighted by atomic mass is 9.84. The summed E-state index contributed by atoms with van der Waals surface area (Å²) in [6, 6.07) is 8.46. The summed E-state index contributed by atoms with van der Waals surface area (Å²) in [5, 5.41) is 18.7. The number of pyridine rings is 1. The number of nitrogens with one attached hydrogen (secondary N) is 2. The van der Waals surface area contributed by atoms with Gasteiger partial charge in [0, 0.05) is 95.1 Å². The largest absolute Gasteiger partial charge is 0.464 e. The molecule has 2 unspecified atom stereocenters. The fourth-order valence-corrected chi connectivity index (χ4v) is 10.8. The summed E-state index contributed by atoms with van der Waals surface area (Å²) >= 11 is 0. The molecule has 0 radical (unpaired) electrons. The summed E-state index contributed by atoms with van der Waals surface area (Å²) in [7, 11) is 4.88. The Labute approximate surface area is 421 Å². The number of carbonyl (C=O) groups excluding carboxylic acids is 5. The number of carbonyl (C=O) groups is 5. The van der Waals surface area contributed by atoms with Gasteiger partial charge in [-0.3, -0.25) is 29.3 Å². The second-order valence-corrected chi connectivity index (χ2v) is 20.7. The van der Waals surface area contributed by atoms with Gasteiger partial charge in [0.05, 0.1) is 30.1 Å². The van der Waals surface area contributed by atoms with Crippen LogP contribution in [0, 0.1) is 22.7 Å². The molecular weight excluding hydrogens is 919 g/mol. The Morgan fingerprint density at radius 1 is 1.06 bits per heavy atom. The molecule has 384 valence electrons. The first-order valence-corrected chi connectivity index (χ1v) is 25.1. The lowest BCUT2D eigenvalue weighted by Gasteiger charge is -2.38. The minimum atomic E-state index is -1.05. The maximum Gasteiger partial charge on any atom is 0.346 e. The molecule has 4 aromatic rings. The number of hydrogen-bond donors (Lipinski definition) is 2. The van der Waals surface area contributed by atoms with E-state index in [1.165, 1.54) is 21.1 Å². The zero-order valence-corrected chi connectivity index (χ0v) is 43.1. The summed E-state index contributed by atoms with van der Waals surface area (Å²) in [5.74, 6) is -1.82. The van der Waals surface area contributed by atoms with Gasteiger partial charge in [0.2, 0.25) is 5.91 Å². The van der Waals surface area contributed by atoms with Crippen LogP contribution >= 0.6 is 0 Å². The van der Waals surface area contributed by atoms with Gasteiger partial charge in [0.15, 0.2) is 0 Å². The standard InChI is InChI=1S/C52H69N13O7/c1-10-63-42-18-17-34-24-38(42)39(46(63)37-15-11-20-54-44(37)33(4)71-9)25-52(5,6)30-72-49(68)40-16-13-22-64(57-40)48(67)41(29-61-21-12-14-35(34)27-61)56-47(66)45(32(2)3)60(8)50(69)62-23-19-36(28-62)59(7)51(70)65-31-55-43(26-53)58-65/h11,14-15,17-18,20,24,31-33,36,40-41,45,57H,10,12-13,16,19,21-23,25,27-30H2,1-9H3,(H,56,66)/t33-,36?,40-,41-,45-/m0/s1. The molecule has 1 aromatic carbocycles. The molecule has 72 heavy (non-hydrogen) atoms. The van der Waals surface area contributed by atoms with Gasteiger partial charge in [-0.25, -0.2) is 20.0 Å². The highest BCUT2D eigenvalue weighted by molar-refractivity contribution is 5.95. The van der Waals surface area contributed by atoms with Crippen molar-refractivity contribution in [3.05, 3.63) is 71.6 Å². The number of nitriles is 1. The number of hydrazine groups is 1. The number of methoxy groups -OCH3 is 1. The van der Waals surface area contributed by atoms with Crippen molar-refractivity contribution in [1.29, 1.82) is 5.26 Å². The molecule has 6 bridgehead atoms. The third kappa shape index (κ3) is 10.6. The van der Waals surface area contributed by atoms with Crippen molar-refractivity contribution in [1.82, 2.24) is 59.7 Å². The molecule has 20 heteroatoms. The molecule has 2 N–H and O–H groups in total. The molecule has 2 fully saturated rings. The Bertz CT molecular complexity index is 2770. The number of hydrogen-bond acceptors (Lipinski definition) is 13. The molecule has 5 amide bonds. The molecule has 20 nitrogen and oxygen atoms in total. The van der Waals surface area contributed by atoms with Gasteiger partial charge in [-0.1, -0.05) is 39.8 Å². The van der Waals surface area contributed by atoms with Crippen LogP contribution in [-0.4, -0.2) is 170 Å². The highest BCUT2D eigenvalue weighted by atomic mass is 16.5. The monoisotopic (exact) mass is 988 g/mol. The van der Waals surface area contributed by atoms with Crippen LogP contribution in [-0.2, 0) is 36.8 Å². The van der Waals surface area contributed by atoms with E-state index < -0.39 is 53.4 Å². The van der Waals surface area contributed by atoms with Crippen molar-refractivity contribution in [3.63, 3.8) is 0 Å². The number of fused-ring (bicyclic) bond motifs is 6. The van der Waals surface area contributed by atoms with Crippen molar-refractivity contribution < 1.29 is 33.4 Å². The van der Waals surface area contributed by atoms with E-state index in [0.717, 1.165) is 55.7 Å². The number of aromatic nitrogens is 5. The summed E-state index contributed by atoms with van der Waals surface area (Å²) in [6.45, 7) is 15.1. The van der Waals surface area contributed by atoms with Gasteiger partial charge in [-0.2, -0.15) is 9.94 Å². The fraction of sp³-hybridized carbons (Fsp3) is 0.558. The number of urea groups is 1. The van der Waals surface area contributed by atoms with Crippen molar-refractivity contribution in [2.24, 2.45) is 11.3 Å². The van der Waals surface area contributed by atoms with Crippen molar-refractivity contribution in [2.45, 2.75) is 110 Å². The second kappa shape index (κ2) is 21.6. The van der Waals surface area contributed by atoms with Crippen LogP contribution < -0.4 is 10.7 Å². The van der Waals surface area contributed by atoms with E-state index in [1.54, 1.807) is 32.3 Å². The Kier molecular flexibility index (Phi) is 15.5. The Balaban J connectivity index is 1.08. The summed E-state index contributed by atoms with van der Waals surface area (Å²) in [5.41, 5.74) is 9.92. The number of nitrogens with zero attached hydrogens (tertiary/aromatic N) is 11. The molecule has 3 aromatic heterocycles. The first-order chi connectivity index (χ1) is 34.4. The van der Waals surface area contributed by atoms with Gasteiger partial charge >= 0.3 is 18.0 Å². The maximum atomic E-state index is 14.8. The van der Waals surface area contributed by atoms with Gasteiger partial charge < -0.3 is 34.1 Å². The molecule has 0 saturated carbocycles. The van der Waals surface area contributed by atoms with Crippen LogP contribution in [0.15, 0.2) is 48.9 Å². The van der Waals surface area contributed by atoms with Crippen LogP contribution in [0.25, 0.3) is 27.7 Å². The number of likely N-dealkylation sites (tertiary alicyclic amines) is 1. The molecule has 4 aliphatic rings. The normalized spacial score (nSPS) is 22.4. The highest BCUT2D eigenvalue weighted by Gasteiger charge is 2.41. The number of amides is 5. The fourth-order valence-electron chi connectivity index (χ4n) is 10.8. The minimum absolute atomic E-state index is 0.129. The van der Waals surface area contributed by atoms with E-state index in [-0.39, 0.29) is 43.6 Å². The van der Waals surface area contributed by atoms with Gasteiger partial charge in [-0.05, 0) is 92.8 Å². The predicted molar refractivity (Wildman–Crippen MR) is 269 cm³/mol. The third-order valence-corrected chi connectivity index (χ3v) is 14.7. The average molecular weight is 988 g/mol. The number of likely N-dealkylation sites (N-methyl/N-ethyl adjacent to an activating group) is 2. The van der Waals surface area contributed by atoms with E-state index in [0.29, 0.717) is 58.4 Å². The summed E-state index contributed by atoms with van der Waals surface area (Å²) < 4.78 is 15.3. The zero-order chi connectivity index (χ0) is 51.6. The Morgan fingerprint density at radius 3 is 2.57 bits per heavy atom. The second-order valence-electron chi connectivity index (χ2n) is 20.7. The Morgan fingerprint density at radius 2 is 1.85 bits per heavy atom.